The summed E-state index contributed by atoms with van der Waals surface area (Å²) in [4.78, 5) is 16.4. The van der Waals surface area contributed by atoms with E-state index in [1.54, 1.807) is 19.4 Å². The van der Waals surface area contributed by atoms with Crippen LogP contribution in [0.1, 0.15) is 50.6 Å². The van der Waals surface area contributed by atoms with Crippen LogP contribution in [-0.4, -0.2) is 39.5 Å². The number of hydrogen-bond acceptors (Lipinski definition) is 5. The first kappa shape index (κ1) is 23.8. The van der Waals surface area contributed by atoms with E-state index in [0.29, 0.717) is 53.8 Å². The Labute approximate surface area is 211 Å². The highest BCUT2D eigenvalue weighted by Crippen LogP contribution is 2.50. The normalized spacial score (nSPS) is 21.2. The largest absolute Gasteiger partial charge is 0.481 e. The van der Waals surface area contributed by atoms with E-state index in [9.17, 15) is 18.7 Å². The second-order valence-electron chi connectivity index (χ2n) is 10.1. The number of fused-ring (bicyclic) bond motifs is 2. The molecule has 0 unspecified atom stereocenters. The first-order chi connectivity index (χ1) is 17.9. The van der Waals surface area contributed by atoms with Gasteiger partial charge < -0.3 is 14.6 Å². The maximum atomic E-state index is 14.4. The molecule has 2 saturated carbocycles. The van der Waals surface area contributed by atoms with E-state index in [4.69, 9.17) is 14.5 Å². The minimum Gasteiger partial charge on any atom is -0.481 e. The van der Waals surface area contributed by atoms with Gasteiger partial charge >= 0.3 is 5.97 Å². The second kappa shape index (κ2) is 9.06. The number of carboxylic acid groups (broad SMARTS) is 1. The van der Waals surface area contributed by atoms with Gasteiger partial charge in [-0.25, -0.2) is 13.8 Å². The molecule has 0 atom stereocenters. The highest BCUT2D eigenvalue weighted by atomic mass is 19.2. The summed E-state index contributed by atoms with van der Waals surface area (Å²) in [5.41, 5.74) is 1.95. The lowest BCUT2D eigenvalue weighted by molar-refractivity contribution is -0.143. The van der Waals surface area contributed by atoms with Crippen LogP contribution in [0.4, 0.5) is 8.78 Å². The number of rotatable bonds is 6. The van der Waals surface area contributed by atoms with Gasteiger partial charge in [-0.3, -0.25) is 9.89 Å². The molecule has 2 aliphatic carbocycles. The van der Waals surface area contributed by atoms with Gasteiger partial charge in [0.05, 0.1) is 23.3 Å². The van der Waals surface area contributed by atoms with Gasteiger partial charge in [0.2, 0.25) is 5.88 Å². The first-order valence-electron chi connectivity index (χ1n) is 12.6. The fraction of sp³-hybridized carbons (Fsp3) is 0.393. The molecule has 9 heteroatoms. The lowest BCUT2D eigenvalue weighted by Crippen LogP contribution is -2.38. The molecule has 0 amide bonds. The number of hydrogen-bond donors (Lipinski definition) is 2. The molecule has 2 fully saturated rings. The predicted octanol–water partition coefficient (Wildman–Crippen LogP) is 6.10. The molecule has 2 heterocycles. The molecule has 2 N–H and O–H groups in total. The number of carboxylic acids is 1. The number of H-pyrrole nitrogens is 1. The van der Waals surface area contributed by atoms with Crippen molar-refractivity contribution >= 4 is 27.6 Å². The van der Waals surface area contributed by atoms with E-state index in [2.05, 4.69) is 10.2 Å². The van der Waals surface area contributed by atoms with Crippen LogP contribution in [0.15, 0.2) is 36.5 Å². The second-order valence-corrected chi connectivity index (χ2v) is 10.1. The summed E-state index contributed by atoms with van der Waals surface area (Å²) in [6.07, 6.45) is 6.31. The standard InChI is InChI=1S/C28H27F2N3O4/c1-36-28(9-2-10-28)25-24(16-5-8-21(29)22(30)12-16)19-11-17-14-31-33-23(17)13-20(19)26(32-25)37-18-6-3-15(4-7-18)27(34)35/h5,8,11-15,18H,2-4,6-7,9-10H2,1H3,(H,31,33)(H,34,35). The number of nitrogens with zero attached hydrogens (tertiary/aromatic N) is 2. The van der Waals surface area contributed by atoms with Crippen LogP contribution < -0.4 is 4.74 Å². The summed E-state index contributed by atoms with van der Waals surface area (Å²) in [5, 5.41) is 18.9. The number of aromatic nitrogens is 3. The van der Waals surface area contributed by atoms with Gasteiger partial charge in [-0.15, -0.1) is 0 Å². The summed E-state index contributed by atoms with van der Waals surface area (Å²) in [5.74, 6) is -2.55. The number of benzene rings is 2. The van der Waals surface area contributed by atoms with E-state index in [1.165, 1.54) is 6.07 Å². The molecule has 0 radical (unpaired) electrons. The topological polar surface area (TPSA) is 97.3 Å². The van der Waals surface area contributed by atoms with Crippen molar-refractivity contribution in [3.63, 3.8) is 0 Å². The first-order valence-corrected chi connectivity index (χ1v) is 12.6. The van der Waals surface area contributed by atoms with Crippen molar-refractivity contribution in [3.8, 4) is 17.0 Å². The Kier molecular flexibility index (Phi) is 5.82. The molecule has 6 rings (SSSR count). The van der Waals surface area contributed by atoms with Crippen LogP contribution in [0.2, 0.25) is 0 Å². The van der Waals surface area contributed by atoms with E-state index in [0.717, 1.165) is 41.6 Å². The Hall–Kier alpha value is -3.59. The Morgan fingerprint density at radius 3 is 2.51 bits per heavy atom. The third-order valence-corrected chi connectivity index (χ3v) is 8.02. The molecule has 0 saturated heterocycles. The molecule has 4 aromatic rings. The van der Waals surface area contributed by atoms with Crippen LogP contribution in [0.25, 0.3) is 32.8 Å². The molecule has 37 heavy (non-hydrogen) atoms. The maximum Gasteiger partial charge on any atom is 0.306 e. The van der Waals surface area contributed by atoms with Crippen LogP contribution in [0.5, 0.6) is 5.88 Å². The van der Waals surface area contributed by atoms with Gasteiger partial charge in [-0.1, -0.05) is 6.07 Å². The average Bonchev–Trinajstić information content (AvgIpc) is 3.32. The monoisotopic (exact) mass is 507 g/mol. The number of halogens is 2. The van der Waals surface area contributed by atoms with Crippen LogP contribution in [-0.2, 0) is 15.1 Å². The number of aromatic amines is 1. The lowest BCUT2D eigenvalue weighted by atomic mass is 9.74. The van der Waals surface area contributed by atoms with Crippen molar-refractivity contribution in [2.45, 2.75) is 56.7 Å². The Bertz CT molecular complexity index is 1500. The zero-order chi connectivity index (χ0) is 25.7. The predicted molar refractivity (Wildman–Crippen MR) is 133 cm³/mol. The van der Waals surface area contributed by atoms with E-state index >= 15 is 0 Å². The van der Waals surface area contributed by atoms with Gasteiger partial charge in [0, 0.05) is 23.4 Å². The highest BCUT2D eigenvalue weighted by Gasteiger charge is 2.43. The lowest BCUT2D eigenvalue weighted by Gasteiger charge is -2.41. The van der Waals surface area contributed by atoms with E-state index in [1.807, 2.05) is 12.1 Å². The summed E-state index contributed by atoms with van der Waals surface area (Å²) >= 11 is 0. The van der Waals surface area contributed by atoms with Crippen molar-refractivity contribution < 1.29 is 28.2 Å². The highest BCUT2D eigenvalue weighted by molar-refractivity contribution is 6.06. The summed E-state index contributed by atoms with van der Waals surface area (Å²) in [6, 6.07) is 7.77. The Morgan fingerprint density at radius 2 is 1.86 bits per heavy atom. The third kappa shape index (κ3) is 4.01. The molecule has 192 valence electrons. The molecular formula is C28H27F2N3O4. The number of pyridine rings is 1. The van der Waals surface area contributed by atoms with Crippen molar-refractivity contribution in [2.24, 2.45) is 5.92 Å². The van der Waals surface area contributed by atoms with E-state index < -0.39 is 23.2 Å². The molecule has 2 aromatic carbocycles. The molecule has 2 aromatic heterocycles. The summed E-state index contributed by atoms with van der Waals surface area (Å²) in [6.45, 7) is 0. The minimum atomic E-state index is -0.934. The van der Waals surface area contributed by atoms with Crippen LogP contribution >= 0.6 is 0 Å². The molecule has 0 aliphatic heterocycles. The molecule has 0 spiro atoms. The molecular weight excluding hydrogens is 480 g/mol. The molecule has 7 nitrogen and oxygen atoms in total. The number of carbonyl (C=O) groups is 1. The third-order valence-electron chi connectivity index (χ3n) is 8.02. The SMILES string of the molecule is COC1(c2nc(OC3CCC(C(=O)O)CC3)c3cc4[nH]ncc4cc3c2-c2ccc(F)c(F)c2)CCC1. The fourth-order valence-electron chi connectivity index (χ4n) is 5.70. The van der Waals surface area contributed by atoms with Gasteiger partial charge in [0.1, 0.15) is 11.7 Å². The summed E-state index contributed by atoms with van der Waals surface area (Å²) < 4.78 is 40.8. The number of methoxy groups -OCH3 is 1. The number of aliphatic carboxylic acids is 1. The maximum absolute atomic E-state index is 14.4. The van der Waals surface area contributed by atoms with Crippen molar-refractivity contribution in [1.82, 2.24) is 15.2 Å². The van der Waals surface area contributed by atoms with Gasteiger partial charge in [0.15, 0.2) is 11.6 Å². The van der Waals surface area contributed by atoms with Crippen molar-refractivity contribution in [1.29, 1.82) is 0 Å². The zero-order valence-corrected chi connectivity index (χ0v) is 20.4. The van der Waals surface area contributed by atoms with Gasteiger partial charge in [0.25, 0.3) is 0 Å². The fourth-order valence-corrected chi connectivity index (χ4v) is 5.70. The zero-order valence-electron chi connectivity index (χ0n) is 20.4. The molecule has 0 bridgehead atoms. The molecule has 2 aliphatic rings. The quantitative estimate of drug-likeness (QED) is 0.327. The average molecular weight is 508 g/mol. The minimum absolute atomic E-state index is 0.175. The summed E-state index contributed by atoms with van der Waals surface area (Å²) in [7, 11) is 1.65. The van der Waals surface area contributed by atoms with Crippen molar-refractivity contribution in [3.05, 3.63) is 53.9 Å². The van der Waals surface area contributed by atoms with Crippen molar-refractivity contribution in [2.75, 3.05) is 7.11 Å². The number of nitrogens with one attached hydrogen (secondary N) is 1. The van der Waals surface area contributed by atoms with Crippen LogP contribution in [0, 0.1) is 17.6 Å². The van der Waals surface area contributed by atoms with E-state index in [-0.39, 0.29) is 12.0 Å². The Morgan fingerprint density at radius 1 is 1.08 bits per heavy atom. The smallest absolute Gasteiger partial charge is 0.306 e. The van der Waals surface area contributed by atoms with Gasteiger partial charge in [-0.2, -0.15) is 5.10 Å². The van der Waals surface area contributed by atoms with Crippen LogP contribution in [0.3, 0.4) is 0 Å². The Balaban J connectivity index is 1.56. The van der Waals surface area contributed by atoms with Gasteiger partial charge in [-0.05, 0) is 80.2 Å². The number of ether oxygens (including phenoxy) is 2.